The Balaban J connectivity index is 1.84. The highest BCUT2D eigenvalue weighted by molar-refractivity contribution is 7.92. The van der Waals surface area contributed by atoms with Gasteiger partial charge >= 0.3 is 0 Å². The molecule has 2 amide bonds. The molecule has 0 aromatic heterocycles. The van der Waals surface area contributed by atoms with E-state index in [1.165, 1.54) is 21.3 Å². The van der Waals surface area contributed by atoms with Crippen molar-refractivity contribution >= 4 is 27.5 Å². The smallest absolute Gasteiger partial charge is 0.264 e. The van der Waals surface area contributed by atoms with Crippen LogP contribution in [-0.2, 0) is 32.6 Å². The normalized spacial score (nSPS) is 12.0. The molecule has 4 rings (SSSR count). The van der Waals surface area contributed by atoms with Crippen LogP contribution in [0.1, 0.15) is 41.7 Å². The van der Waals surface area contributed by atoms with Gasteiger partial charge in [0.2, 0.25) is 11.8 Å². The summed E-state index contributed by atoms with van der Waals surface area (Å²) in [5, 5.41) is 2.99. The number of rotatable bonds is 12. The molecule has 0 saturated carbocycles. The maximum atomic E-state index is 14.6. The lowest BCUT2D eigenvalue weighted by Crippen LogP contribution is -2.54. The first-order chi connectivity index (χ1) is 21.0. The molecular formula is C36H41N3O4S. The molecule has 0 fully saturated rings. The third kappa shape index (κ3) is 7.74. The minimum absolute atomic E-state index is 0.0811. The summed E-state index contributed by atoms with van der Waals surface area (Å²) in [4.78, 5) is 30.0. The van der Waals surface area contributed by atoms with Crippen LogP contribution >= 0.6 is 0 Å². The van der Waals surface area contributed by atoms with E-state index in [4.69, 9.17) is 0 Å². The minimum atomic E-state index is -4.14. The van der Waals surface area contributed by atoms with Crippen molar-refractivity contribution in [1.82, 2.24) is 10.2 Å². The van der Waals surface area contributed by atoms with Crippen molar-refractivity contribution in [3.8, 4) is 0 Å². The second kappa shape index (κ2) is 14.4. The molecule has 1 N–H and O–H groups in total. The number of aryl methyl sites for hydroxylation is 2. The van der Waals surface area contributed by atoms with Crippen molar-refractivity contribution in [3.05, 3.63) is 131 Å². The summed E-state index contributed by atoms with van der Waals surface area (Å²) in [7, 11) is -4.14. The molecule has 0 spiro atoms. The molecule has 8 heteroatoms. The van der Waals surface area contributed by atoms with Crippen LogP contribution in [0.25, 0.3) is 0 Å². The van der Waals surface area contributed by atoms with Crippen LogP contribution in [0.5, 0.6) is 0 Å². The van der Waals surface area contributed by atoms with E-state index in [2.05, 4.69) is 5.32 Å². The number of amides is 2. The Kier molecular flexibility index (Phi) is 10.6. The van der Waals surface area contributed by atoms with E-state index in [1.807, 2.05) is 95.3 Å². The third-order valence-electron chi connectivity index (χ3n) is 7.76. The van der Waals surface area contributed by atoms with Gasteiger partial charge in [0.25, 0.3) is 10.0 Å². The van der Waals surface area contributed by atoms with Gasteiger partial charge in [-0.15, -0.1) is 0 Å². The van der Waals surface area contributed by atoms with E-state index in [1.54, 1.807) is 30.3 Å². The van der Waals surface area contributed by atoms with Crippen LogP contribution in [0, 0.1) is 20.8 Å². The van der Waals surface area contributed by atoms with Crippen LogP contribution in [0.15, 0.2) is 108 Å². The largest absolute Gasteiger partial charge is 0.352 e. The second-order valence-electron chi connectivity index (χ2n) is 11.4. The molecule has 0 aliphatic rings. The SMILES string of the molecule is Cc1ccccc1CN(C(=O)CN(c1cccc(C)c1C)S(=O)(=O)c1ccccc1)[C@H](Cc1ccccc1)C(=O)NC(C)C. The van der Waals surface area contributed by atoms with Gasteiger partial charge < -0.3 is 10.2 Å². The monoisotopic (exact) mass is 611 g/mol. The first-order valence-corrected chi connectivity index (χ1v) is 16.2. The van der Waals surface area contributed by atoms with Crippen molar-refractivity contribution in [2.75, 3.05) is 10.8 Å². The van der Waals surface area contributed by atoms with Gasteiger partial charge in [-0.2, -0.15) is 0 Å². The summed E-state index contributed by atoms with van der Waals surface area (Å²) in [6.45, 7) is 9.13. The van der Waals surface area contributed by atoms with Crippen molar-refractivity contribution in [2.45, 2.75) is 64.6 Å². The first-order valence-electron chi connectivity index (χ1n) is 14.8. The maximum absolute atomic E-state index is 14.6. The van der Waals surface area contributed by atoms with Crippen molar-refractivity contribution < 1.29 is 18.0 Å². The minimum Gasteiger partial charge on any atom is -0.352 e. The van der Waals surface area contributed by atoms with Crippen LogP contribution in [0.3, 0.4) is 0 Å². The fraction of sp³-hybridized carbons (Fsp3) is 0.278. The summed E-state index contributed by atoms with van der Waals surface area (Å²) in [6, 6.07) is 29.7. The quantitative estimate of drug-likeness (QED) is 0.214. The molecule has 0 aliphatic heterocycles. The molecule has 4 aromatic rings. The molecule has 1 atom stereocenters. The van der Waals surface area contributed by atoms with Gasteiger partial charge in [-0.25, -0.2) is 8.42 Å². The zero-order valence-corrected chi connectivity index (χ0v) is 26.8. The molecular weight excluding hydrogens is 570 g/mol. The number of hydrogen-bond donors (Lipinski definition) is 1. The van der Waals surface area contributed by atoms with Crippen molar-refractivity contribution in [3.63, 3.8) is 0 Å². The van der Waals surface area contributed by atoms with Crippen LogP contribution in [-0.4, -0.2) is 43.8 Å². The highest BCUT2D eigenvalue weighted by Crippen LogP contribution is 2.29. The van der Waals surface area contributed by atoms with Crippen LogP contribution < -0.4 is 9.62 Å². The number of carbonyl (C=O) groups is 2. The predicted molar refractivity (Wildman–Crippen MR) is 176 cm³/mol. The Bertz CT molecular complexity index is 1690. The highest BCUT2D eigenvalue weighted by atomic mass is 32.2. The number of nitrogens with one attached hydrogen (secondary N) is 1. The number of sulfonamides is 1. The predicted octanol–water partition coefficient (Wildman–Crippen LogP) is 5.97. The average Bonchev–Trinajstić information content (AvgIpc) is 3.00. The zero-order valence-electron chi connectivity index (χ0n) is 26.0. The first kappa shape index (κ1) is 32.5. The Morgan fingerprint density at radius 1 is 0.750 bits per heavy atom. The number of hydrogen-bond acceptors (Lipinski definition) is 4. The van der Waals surface area contributed by atoms with Crippen LogP contribution in [0.4, 0.5) is 5.69 Å². The van der Waals surface area contributed by atoms with Gasteiger partial charge in [0, 0.05) is 19.0 Å². The molecule has 0 aliphatic carbocycles. The fourth-order valence-electron chi connectivity index (χ4n) is 5.14. The number of nitrogens with zero attached hydrogens (tertiary/aromatic N) is 2. The number of carbonyl (C=O) groups excluding carboxylic acids is 2. The molecule has 4 aromatic carbocycles. The molecule has 0 bridgehead atoms. The molecule has 0 radical (unpaired) electrons. The Morgan fingerprint density at radius 2 is 1.34 bits per heavy atom. The van der Waals surface area contributed by atoms with Gasteiger partial charge in [-0.05, 0) is 80.6 Å². The van der Waals surface area contributed by atoms with E-state index in [9.17, 15) is 18.0 Å². The van der Waals surface area contributed by atoms with Gasteiger partial charge in [-0.3, -0.25) is 13.9 Å². The van der Waals surface area contributed by atoms with E-state index in [-0.39, 0.29) is 29.8 Å². The maximum Gasteiger partial charge on any atom is 0.264 e. The van der Waals surface area contributed by atoms with Gasteiger partial charge in [-0.1, -0.05) is 84.9 Å². The second-order valence-corrected chi connectivity index (χ2v) is 13.2. The molecule has 7 nitrogen and oxygen atoms in total. The molecule has 0 saturated heterocycles. The van der Waals surface area contributed by atoms with Gasteiger partial charge in [0.05, 0.1) is 10.6 Å². The van der Waals surface area contributed by atoms with E-state index in [0.717, 1.165) is 27.8 Å². The lowest BCUT2D eigenvalue weighted by molar-refractivity contribution is -0.140. The Morgan fingerprint density at radius 3 is 1.98 bits per heavy atom. The zero-order chi connectivity index (χ0) is 31.9. The van der Waals surface area contributed by atoms with Crippen molar-refractivity contribution in [2.24, 2.45) is 0 Å². The standard InChI is InChI=1S/C36H41N3O4S/c1-26(2)37-36(41)34(23-30-17-8-6-9-18-30)38(24-31-19-13-12-15-28(31)4)35(40)25-39(33-22-14-16-27(3)29(33)5)44(42,43)32-20-10-7-11-21-32/h6-22,26,34H,23-25H2,1-5H3,(H,37,41)/t34-/m1/s1. The third-order valence-corrected chi connectivity index (χ3v) is 9.53. The highest BCUT2D eigenvalue weighted by Gasteiger charge is 2.35. The van der Waals surface area contributed by atoms with E-state index < -0.39 is 28.5 Å². The summed E-state index contributed by atoms with van der Waals surface area (Å²) in [6.07, 6.45) is 0.270. The molecule has 0 heterocycles. The number of benzene rings is 4. The average molecular weight is 612 g/mol. The lowest BCUT2D eigenvalue weighted by Gasteiger charge is -2.35. The van der Waals surface area contributed by atoms with E-state index in [0.29, 0.717) is 5.69 Å². The molecule has 0 unspecified atom stereocenters. The topological polar surface area (TPSA) is 86.8 Å². The summed E-state index contributed by atoms with van der Waals surface area (Å²) in [5.74, 6) is -0.775. The fourth-order valence-corrected chi connectivity index (χ4v) is 6.64. The molecule has 44 heavy (non-hydrogen) atoms. The number of anilines is 1. The Hall–Kier alpha value is -4.43. The summed E-state index contributed by atoms with van der Waals surface area (Å²) >= 11 is 0. The van der Waals surface area contributed by atoms with Gasteiger partial charge in [0.15, 0.2) is 0 Å². The Labute approximate surface area is 261 Å². The molecule has 230 valence electrons. The van der Waals surface area contributed by atoms with Gasteiger partial charge in [0.1, 0.15) is 12.6 Å². The summed E-state index contributed by atoms with van der Waals surface area (Å²) < 4.78 is 29.5. The lowest BCUT2D eigenvalue weighted by atomic mass is 10.0. The van der Waals surface area contributed by atoms with Crippen molar-refractivity contribution in [1.29, 1.82) is 0 Å². The van der Waals surface area contributed by atoms with E-state index >= 15 is 0 Å². The summed E-state index contributed by atoms with van der Waals surface area (Å²) in [5.41, 5.74) is 4.81. The van der Waals surface area contributed by atoms with Crippen LogP contribution in [0.2, 0.25) is 0 Å².